The maximum atomic E-state index is 13.6. The van der Waals surface area contributed by atoms with Gasteiger partial charge in [0, 0.05) is 43.7 Å². The second kappa shape index (κ2) is 14.0. The fourth-order valence-electron chi connectivity index (χ4n) is 4.53. The van der Waals surface area contributed by atoms with Crippen LogP contribution in [0.15, 0.2) is 66.7 Å². The van der Waals surface area contributed by atoms with Gasteiger partial charge in [0.15, 0.2) is 5.82 Å². The molecule has 2 N–H and O–H groups in total. The molecular weight excluding hydrogens is 526 g/mol. The predicted octanol–water partition coefficient (Wildman–Crippen LogP) is 3.46. The van der Waals surface area contributed by atoms with Gasteiger partial charge in [-0.05, 0) is 25.8 Å². The minimum atomic E-state index is -0.985. The number of carboxylic acid groups (broad SMARTS) is 1. The number of carbonyl (C=O) groups excluding carboxylic acids is 3. The monoisotopic (exact) mass is 559 g/mol. The van der Waals surface area contributed by atoms with E-state index in [2.05, 4.69) is 15.3 Å². The number of hydrogen-bond donors (Lipinski definition) is 2. The third kappa shape index (κ3) is 7.87. The van der Waals surface area contributed by atoms with Gasteiger partial charge in [-0.1, -0.05) is 60.7 Å². The number of amides is 3. The number of nitrogens with zero attached hydrogens (tertiary/aromatic N) is 4. The maximum absolute atomic E-state index is 13.6. The van der Waals surface area contributed by atoms with E-state index >= 15 is 0 Å². The summed E-state index contributed by atoms with van der Waals surface area (Å²) in [6.45, 7) is 3.13. The van der Waals surface area contributed by atoms with Crippen molar-refractivity contribution in [3.8, 4) is 22.6 Å². The number of benzene rings is 2. The Morgan fingerprint density at radius 3 is 2.12 bits per heavy atom. The average Bonchev–Trinajstić information content (AvgIpc) is 3.01. The smallest absolute Gasteiger partial charge is 0.409 e. The van der Waals surface area contributed by atoms with Crippen molar-refractivity contribution in [1.82, 2.24) is 25.1 Å². The van der Waals surface area contributed by atoms with Crippen LogP contribution >= 0.6 is 0 Å². The summed E-state index contributed by atoms with van der Waals surface area (Å²) in [6, 6.07) is 19.3. The van der Waals surface area contributed by atoms with Gasteiger partial charge in [0.2, 0.25) is 5.91 Å². The molecule has 1 fully saturated rings. The zero-order valence-corrected chi connectivity index (χ0v) is 22.9. The van der Waals surface area contributed by atoms with Gasteiger partial charge in [0.25, 0.3) is 5.91 Å². The third-order valence-electron chi connectivity index (χ3n) is 6.66. The lowest BCUT2D eigenvalue weighted by molar-refractivity contribution is -0.138. The highest BCUT2D eigenvalue weighted by Gasteiger charge is 2.31. The van der Waals surface area contributed by atoms with Crippen LogP contribution in [0.2, 0.25) is 0 Å². The number of rotatable bonds is 10. The first-order valence-corrected chi connectivity index (χ1v) is 13.6. The largest absolute Gasteiger partial charge is 0.481 e. The summed E-state index contributed by atoms with van der Waals surface area (Å²) in [4.78, 5) is 62.6. The molecule has 0 aliphatic carbocycles. The molecule has 1 aliphatic rings. The second-order valence-electron chi connectivity index (χ2n) is 9.52. The lowest BCUT2D eigenvalue weighted by Gasteiger charge is -2.36. The van der Waals surface area contributed by atoms with Crippen molar-refractivity contribution in [2.75, 3.05) is 32.8 Å². The summed E-state index contributed by atoms with van der Waals surface area (Å²) in [5.41, 5.74) is 2.16. The van der Waals surface area contributed by atoms with E-state index in [0.29, 0.717) is 24.6 Å². The molecule has 2 aromatic carbocycles. The van der Waals surface area contributed by atoms with Gasteiger partial charge in [-0.15, -0.1) is 0 Å². The minimum absolute atomic E-state index is 0.0841. The molecule has 214 valence electrons. The molecule has 11 heteroatoms. The van der Waals surface area contributed by atoms with E-state index < -0.39 is 24.0 Å². The number of hydrogen-bond acceptors (Lipinski definition) is 7. The number of carboxylic acids is 1. The zero-order chi connectivity index (χ0) is 29.2. The fraction of sp³-hybridized carbons (Fsp3) is 0.333. The number of ether oxygens (including phenoxy) is 1. The van der Waals surface area contributed by atoms with E-state index in [1.807, 2.05) is 60.7 Å². The Balaban J connectivity index is 1.56. The van der Waals surface area contributed by atoms with Crippen molar-refractivity contribution in [2.24, 2.45) is 0 Å². The quantitative estimate of drug-likeness (QED) is 0.385. The topological polar surface area (TPSA) is 142 Å². The number of nitrogens with one attached hydrogen (secondary N) is 1. The highest BCUT2D eigenvalue weighted by atomic mass is 16.6. The minimum Gasteiger partial charge on any atom is -0.481 e. The molecule has 3 aromatic rings. The second-order valence-corrected chi connectivity index (χ2v) is 9.52. The summed E-state index contributed by atoms with van der Waals surface area (Å²) in [5, 5.41) is 11.9. The predicted molar refractivity (Wildman–Crippen MR) is 151 cm³/mol. The Morgan fingerprint density at radius 2 is 1.51 bits per heavy atom. The van der Waals surface area contributed by atoms with Crippen molar-refractivity contribution >= 4 is 23.9 Å². The summed E-state index contributed by atoms with van der Waals surface area (Å²) >= 11 is 0. The van der Waals surface area contributed by atoms with E-state index in [9.17, 15) is 19.2 Å². The van der Waals surface area contributed by atoms with E-state index in [-0.39, 0.29) is 50.6 Å². The van der Waals surface area contributed by atoms with Crippen LogP contribution in [-0.2, 0) is 14.3 Å². The molecule has 4 rings (SSSR count). The lowest BCUT2D eigenvalue weighted by atomic mass is 10.1. The summed E-state index contributed by atoms with van der Waals surface area (Å²) in [7, 11) is 0. The molecule has 1 aliphatic heterocycles. The van der Waals surface area contributed by atoms with Crippen LogP contribution in [-0.4, -0.2) is 87.6 Å². The van der Waals surface area contributed by atoms with Gasteiger partial charge in [-0.3, -0.25) is 14.4 Å². The van der Waals surface area contributed by atoms with E-state index in [1.54, 1.807) is 17.9 Å². The molecule has 1 aromatic heterocycles. The Kier molecular flexibility index (Phi) is 9.98. The molecular formula is C30H33N5O6. The summed E-state index contributed by atoms with van der Waals surface area (Å²) in [6.07, 6.45) is -0.238. The molecule has 1 saturated heterocycles. The number of aromatic nitrogens is 2. The van der Waals surface area contributed by atoms with Crippen molar-refractivity contribution in [1.29, 1.82) is 0 Å². The molecule has 2 heterocycles. The van der Waals surface area contributed by atoms with Gasteiger partial charge in [0.05, 0.1) is 12.3 Å². The number of aliphatic carboxylic acids is 1. The van der Waals surface area contributed by atoms with Crippen molar-refractivity contribution < 1.29 is 29.0 Å². The Morgan fingerprint density at radius 1 is 0.902 bits per heavy atom. The molecule has 0 unspecified atom stereocenters. The van der Waals surface area contributed by atoms with Crippen molar-refractivity contribution in [3.63, 3.8) is 0 Å². The van der Waals surface area contributed by atoms with Crippen LogP contribution in [0.3, 0.4) is 0 Å². The van der Waals surface area contributed by atoms with Gasteiger partial charge < -0.3 is 25.0 Å². The van der Waals surface area contributed by atoms with E-state index in [0.717, 1.165) is 11.1 Å². The van der Waals surface area contributed by atoms with Crippen LogP contribution in [0.1, 0.15) is 36.7 Å². The number of carbonyl (C=O) groups is 4. The molecule has 11 nitrogen and oxygen atoms in total. The van der Waals surface area contributed by atoms with Gasteiger partial charge in [-0.25, -0.2) is 14.8 Å². The highest BCUT2D eigenvalue weighted by Crippen LogP contribution is 2.23. The average molecular weight is 560 g/mol. The lowest BCUT2D eigenvalue weighted by Crippen LogP contribution is -2.56. The van der Waals surface area contributed by atoms with Crippen LogP contribution in [0.5, 0.6) is 0 Å². The SMILES string of the molecule is CCOC(=O)N1CCN(C(=O)[C@H](CCCC(=O)O)NC(=O)c2cc(-c3ccccc3)nc(-c3ccccc3)n2)CC1. The Hall–Kier alpha value is -4.80. The normalized spacial score (nSPS) is 13.8. The first-order valence-electron chi connectivity index (χ1n) is 13.6. The first kappa shape index (κ1) is 29.2. The molecule has 0 bridgehead atoms. The van der Waals surface area contributed by atoms with Crippen LogP contribution in [0, 0.1) is 0 Å². The fourth-order valence-corrected chi connectivity index (χ4v) is 4.53. The molecule has 0 radical (unpaired) electrons. The van der Waals surface area contributed by atoms with E-state index in [4.69, 9.17) is 9.84 Å². The Labute approximate surface area is 238 Å². The van der Waals surface area contributed by atoms with Gasteiger partial charge >= 0.3 is 12.1 Å². The first-order chi connectivity index (χ1) is 19.9. The maximum Gasteiger partial charge on any atom is 0.409 e. The third-order valence-corrected chi connectivity index (χ3v) is 6.66. The summed E-state index contributed by atoms with van der Waals surface area (Å²) < 4.78 is 5.04. The molecule has 0 saturated carbocycles. The van der Waals surface area contributed by atoms with Gasteiger partial charge in [0.1, 0.15) is 11.7 Å². The highest BCUT2D eigenvalue weighted by molar-refractivity contribution is 5.97. The molecule has 1 atom stereocenters. The Bertz CT molecular complexity index is 1300. The molecule has 41 heavy (non-hydrogen) atoms. The standard InChI is InChI=1S/C30H33N5O6/c1-2-41-30(40)35-18-16-34(17-19-35)29(39)23(14-9-15-26(36)37)33-28(38)25-20-24(21-10-5-3-6-11-21)31-27(32-25)22-12-7-4-8-13-22/h3-8,10-13,20,23H,2,9,14-19H2,1H3,(H,33,38)(H,36,37)/t23-/m0/s1. The van der Waals surface area contributed by atoms with Crippen LogP contribution < -0.4 is 5.32 Å². The van der Waals surface area contributed by atoms with Crippen molar-refractivity contribution in [2.45, 2.75) is 32.2 Å². The zero-order valence-electron chi connectivity index (χ0n) is 22.9. The molecule has 3 amide bonds. The molecule has 0 spiro atoms. The van der Waals surface area contributed by atoms with Crippen LogP contribution in [0.4, 0.5) is 4.79 Å². The van der Waals surface area contributed by atoms with Crippen LogP contribution in [0.25, 0.3) is 22.6 Å². The summed E-state index contributed by atoms with van der Waals surface area (Å²) in [5.74, 6) is -1.53. The van der Waals surface area contributed by atoms with Gasteiger partial charge in [-0.2, -0.15) is 0 Å². The van der Waals surface area contributed by atoms with Crippen molar-refractivity contribution in [3.05, 3.63) is 72.4 Å². The number of piperazine rings is 1. The van der Waals surface area contributed by atoms with E-state index in [1.165, 1.54) is 4.90 Å².